The predicted octanol–water partition coefficient (Wildman–Crippen LogP) is 5.68. The minimum Gasteiger partial charge on any atom is -0.480 e. The molecule has 0 saturated carbocycles. The molecule has 6 heteroatoms. The monoisotopic (exact) mass is 397 g/mol. The molecule has 1 N–H and O–H groups in total. The molecule has 1 heterocycles. The molecule has 2 aromatic carbocycles. The highest BCUT2D eigenvalue weighted by molar-refractivity contribution is 6.42. The van der Waals surface area contributed by atoms with Gasteiger partial charge in [-0.05, 0) is 48.7 Å². The van der Waals surface area contributed by atoms with Gasteiger partial charge in [0.1, 0.15) is 6.04 Å². The maximum absolute atomic E-state index is 11.8. The zero-order chi connectivity index (χ0) is 18.0. The first-order valence-corrected chi connectivity index (χ1v) is 9.30. The van der Waals surface area contributed by atoms with Gasteiger partial charge in [-0.1, -0.05) is 65.5 Å². The van der Waals surface area contributed by atoms with E-state index in [1.165, 1.54) is 0 Å². The van der Waals surface area contributed by atoms with E-state index in [2.05, 4.69) is 0 Å². The third-order valence-electron chi connectivity index (χ3n) is 4.62. The van der Waals surface area contributed by atoms with Crippen LogP contribution in [0.2, 0.25) is 15.1 Å². The molecule has 0 amide bonds. The van der Waals surface area contributed by atoms with E-state index in [0.29, 0.717) is 28.0 Å². The molecule has 3 rings (SSSR count). The van der Waals surface area contributed by atoms with Crippen molar-refractivity contribution >= 4 is 40.8 Å². The summed E-state index contributed by atoms with van der Waals surface area (Å²) < 4.78 is 0. The summed E-state index contributed by atoms with van der Waals surface area (Å²) in [4.78, 5) is 13.8. The number of hydrogen-bond donors (Lipinski definition) is 1. The lowest BCUT2D eigenvalue weighted by Gasteiger charge is -2.40. The second-order valence-electron chi connectivity index (χ2n) is 6.18. The second kappa shape index (κ2) is 7.96. The number of hydrogen-bond acceptors (Lipinski definition) is 2. The Morgan fingerprint density at radius 3 is 2.48 bits per heavy atom. The summed E-state index contributed by atoms with van der Waals surface area (Å²) in [6.45, 7) is 0.688. The van der Waals surface area contributed by atoms with Crippen LogP contribution in [0.4, 0.5) is 0 Å². The largest absolute Gasteiger partial charge is 0.480 e. The van der Waals surface area contributed by atoms with Gasteiger partial charge in [0.15, 0.2) is 0 Å². The van der Waals surface area contributed by atoms with Crippen molar-refractivity contribution in [3.8, 4) is 0 Å². The number of piperidine rings is 1. The van der Waals surface area contributed by atoms with Gasteiger partial charge in [0, 0.05) is 5.02 Å². The van der Waals surface area contributed by atoms with E-state index in [1.807, 2.05) is 41.3 Å². The van der Waals surface area contributed by atoms with Crippen LogP contribution >= 0.6 is 34.8 Å². The van der Waals surface area contributed by atoms with E-state index < -0.39 is 12.0 Å². The number of carboxylic acid groups (broad SMARTS) is 1. The normalized spacial score (nSPS) is 19.6. The second-order valence-corrected chi connectivity index (χ2v) is 7.41. The lowest BCUT2D eigenvalue weighted by Crippen LogP contribution is -2.46. The summed E-state index contributed by atoms with van der Waals surface area (Å²) in [6, 6.07) is 12.1. The van der Waals surface area contributed by atoms with Crippen molar-refractivity contribution in [1.82, 2.24) is 4.90 Å². The minimum absolute atomic E-state index is 0.287. The molecular formula is C19H18Cl3NO2. The van der Waals surface area contributed by atoms with E-state index in [0.717, 1.165) is 24.0 Å². The van der Waals surface area contributed by atoms with Gasteiger partial charge < -0.3 is 5.11 Å². The van der Waals surface area contributed by atoms with Crippen molar-refractivity contribution in [2.45, 2.75) is 31.3 Å². The van der Waals surface area contributed by atoms with Crippen molar-refractivity contribution in [2.75, 3.05) is 6.54 Å². The van der Waals surface area contributed by atoms with Crippen molar-refractivity contribution in [3.63, 3.8) is 0 Å². The Kier molecular flexibility index (Phi) is 5.90. The molecule has 25 heavy (non-hydrogen) atoms. The predicted molar refractivity (Wildman–Crippen MR) is 102 cm³/mol. The molecule has 0 radical (unpaired) electrons. The van der Waals surface area contributed by atoms with Gasteiger partial charge in [-0.3, -0.25) is 9.69 Å². The average molecular weight is 399 g/mol. The highest BCUT2D eigenvalue weighted by atomic mass is 35.5. The molecule has 1 aliphatic heterocycles. The lowest BCUT2D eigenvalue weighted by molar-refractivity contribution is -0.145. The highest BCUT2D eigenvalue weighted by Gasteiger charge is 2.36. The van der Waals surface area contributed by atoms with E-state index in [1.54, 1.807) is 6.07 Å². The van der Waals surface area contributed by atoms with Gasteiger partial charge in [0.05, 0.1) is 16.1 Å². The number of carbonyl (C=O) groups is 1. The lowest BCUT2D eigenvalue weighted by atomic mass is 9.91. The fourth-order valence-corrected chi connectivity index (χ4v) is 3.99. The van der Waals surface area contributed by atoms with Crippen LogP contribution in [0.3, 0.4) is 0 Å². The molecule has 2 atom stereocenters. The summed E-state index contributed by atoms with van der Waals surface area (Å²) >= 11 is 18.7. The topological polar surface area (TPSA) is 40.5 Å². The van der Waals surface area contributed by atoms with Crippen LogP contribution in [0.1, 0.15) is 36.4 Å². The standard InChI is InChI=1S/C19H18Cl3NO2/c20-13-9-7-12(8-10-13)18(14-4-3-5-15(21)17(14)22)23-11-2-1-6-16(23)19(24)25/h3-5,7-10,16,18H,1-2,6,11H2,(H,24,25). The number of nitrogens with zero attached hydrogens (tertiary/aromatic N) is 1. The smallest absolute Gasteiger partial charge is 0.320 e. The number of aliphatic carboxylic acids is 1. The van der Waals surface area contributed by atoms with Crippen LogP contribution in [-0.4, -0.2) is 28.6 Å². The summed E-state index contributed by atoms with van der Waals surface area (Å²) in [5.41, 5.74) is 1.76. The molecule has 1 aliphatic rings. The summed E-state index contributed by atoms with van der Waals surface area (Å²) in [7, 11) is 0. The average Bonchev–Trinajstić information content (AvgIpc) is 2.61. The minimum atomic E-state index is -0.809. The Hall–Kier alpha value is -1.26. The van der Waals surface area contributed by atoms with E-state index in [-0.39, 0.29) is 6.04 Å². The van der Waals surface area contributed by atoms with E-state index in [9.17, 15) is 9.90 Å². The van der Waals surface area contributed by atoms with Crippen LogP contribution in [0.15, 0.2) is 42.5 Å². The van der Waals surface area contributed by atoms with Crippen molar-refractivity contribution < 1.29 is 9.90 Å². The van der Waals surface area contributed by atoms with Gasteiger partial charge >= 0.3 is 5.97 Å². The summed E-state index contributed by atoms with van der Waals surface area (Å²) in [5.74, 6) is -0.809. The van der Waals surface area contributed by atoms with Gasteiger partial charge in [0.25, 0.3) is 0 Å². The number of rotatable bonds is 4. The van der Waals surface area contributed by atoms with E-state index >= 15 is 0 Å². The Balaban J connectivity index is 2.12. The third kappa shape index (κ3) is 3.95. The van der Waals surface area contributed by atoms with Gasteiger partial charge in [-0.15, -0.1) is 0 Å². The summed E-state index contributed by atoms with van der Waals surface area (Å²) in [6.07, 6.45) is 2.48. The molecule has 0 bridgehead atoms. The Labute approximate surface area is 162 Å². The van der Waals surface area contributed by atoms with Crippen molar-refractivity contribution in [1.29, 1.82) is 0 Å². The molecule has 0 aliphatic carbocycles. The molecule has 2 unspecified atom stereocenters. The van der Waals surface area contributed by atoms with Crippen LogP contribution in [-0.2, 0) is 4.79 Å². The van der Waals surface area contributed by atoms with Crippen LogP contribution in [0.5, 0.6) is 0 Å². The van der Waals surface area contributed by atoms with E-state index in [4.69, 9.17) is 34.8 Å². The SMILES string of the molecule is O=C(O)C1CCCCN1C(c1ccc(Cl)cc1)c1cccc(Cl)c1Cl. The Morgan fingerprint density at radius 2 is 1.80 bits per heavy atom. The molecule has 2 aromatic rings. The van der Waals surface area contributed by atoms with Crippen molar-refractivity contribution in [2.24, 2.45) is 0 Å². The maximum atomic E-state index is 11.8. The Morgan fingerprint density at radius 1 is 1.08 bits per heavy atom. The molecule has 3 nitrogen and oxygen atoms in total. The highest BCUT2D eigenvalue weighted by Crippen LogP contribution is 2.39. The fourth-order valence-electron chi connectivity index (χ4n) is 3.45. The third-order valence-corrected chi connectivity index (χ3v) is 5.71. The number of halogens is 3. The van der Waals surface area contributed by atoms with Crippen LogP contribution in [0.25, 0.3) is 0 Å². The fraction of sp³-hybridized carbons (Fsp3) is 0.316. The van der Waals surface area contributed by atoms with Crippen LogP contribution in [0, 0.1) is 0 Å². The number of likely N-dealkylation sites (tertiary alicyclic amines) is 1. The van der Waals surface area contributed by atoms with Gasteiger partial charge in [-0.25, -0.2) is 0 Å². The van der Waals surface area contributed by atoms with Gasteiger partial charge in [-0.2, -0.15) is 0 Å². The molecule has 1 fully saturated rings. The summed E-state index contributed by atoms with van der Waals surface area (Å²) in [5, 5.41) is 11.2. The molecule has 0 spiro atoms. The molecule has 132 valence electrons. The first-order chi connectivity index (χ1) is 12.0. The zero-order valence-corrected chi connectivity index (χ0v) is 15.7. The first-order valence-electron chi connectivity index (χ1n) is 8.17. The zero-order valence-electron chi connectivity index (χ0n) is 13.5. The quantitative estimate of drug-likeness (QED) is 0.720. The van der Waals surface area contributed by atoms with Crippen LogP contribution < -0.4 is 0 Å². The molecule has 0 aromatic heterocycles. The Bertz CT molecular complexity index is 764. The number of benzene rings is 2. The van der Waals surface area contributed by atoms with Gasteiger partial charge in [0.2, 0.25) is 0 Å². The molecule has 1 saturated heterocycles. The maximum Gasteiger partial charge on any atom is 0.320 e. The number of carboxylic acids is 1. The molecular weight excluding hydrogens is 381 g/mol. The van der Waals surface area contributed by atoms with Crippen molar-refractivity contribution in [3.05, 3.63) is 68.7 Å². The first kappa shape index (κ1) is 18.5.